The number of hydrogen-bond acceptors (Lipinski definition) is 5. The van der Waals surface area contributed by atoms with Gasteiger partial charge in [0.05, 0.1) is 6.54 Å². The van der Waals surface area contributed by atoms with Gasteiger partial charge in [0.1, 0.15) is 11.3 Å². The highest BCUT2D eigenvalue weighted by Gasteiger charge is 2.49. The van der Waals surface area contributed by atoms with Gasteiger partial charge in [-0.25, -0.2) is 4.79 Å². The molecular weight excluding hydrogens is 432 g/mol. The van der Waals surface area contributed by atoms with E-state index in [4.69, 9.17) is 4.52 Å². The SMILES string of the molecule is Cc1cc(-n2c(C)cc(C(=O)CN3C(=O)N[C@@](C)(c4ccc5ccccc5c4)C3=O)c2C)no1. The van der Waals surface area contributed by atoms with Gasteiger partial charge in [0, 0.05) is 23.0 Å². The number of amides is 3. The van der Waals surface area contributed by atoms with E-state index in [9.17, 15) is 14.4 Å². The van der Waals surface area contributed by atoms with Crippen molar-refractivity contribution in [3.8, 4) is 5.82 Å². The predicted molar refractivity (Wildman–Crippen MR) is 126 cm³/mol. The number of imide groups is 1. The van der Waals surface area contributed by atoms with Gasteiger partial charge in [-0.05, 0) is 56.2 Å². The molecule has 0 aliphatic carbocycles. The van der Waals surface area contributed by atoms with Crippen LogP contribution in [-0.4, -0.2) is 38.9 Å². The first-order chi connectivity index (χ1) is 16.2. The molecule has 1 atom stereocenters. The lowest BCUT2D eigenvalue weighted by atomic mass is 9.90. The van der Waals surface area contributed by atoms with E-state index in [0.29, 0.717) is 28.4 Å². The molecule has 0 saturated carbocycles. The Balaban J connectivity index is 1.42. The van der Waals surface area contributed by atoms with E-state index in [2.05, 4.69) is 10.5 Å². The van der Waals surface area contributed by atoms with Crippen molar-refractivity contribution in [1.29, 1.82) is 0 Å². The molecule has 2 aromatic heterocycles. The van der Waals surface area contributed by atoms with Crippen molar-refractivity contribution in [2.45, 2.75) is 33.2 Å². The molecule has 0 radical (unpaired) electrons. The highest BCUT2D eigenvalue weighted by atomic mass is 16.5. The topological polar surface area (TPSA) is 97.4 Å². The molecule has 1 saturated heterocycles. The van der Waals surface area contributed by atoms with Crippen molar-refractivity contribution < 1.29 is 18.9 Å². The second-order valence-electron chi connectivity index (χ2n) is 8.85. The van der Waals surface area contributed by atoms with Crippen LogP contribution >= 0.6 is 0 Å². The molecule has 34 heavy (non-hydrogen) atoms. The lowest BCUT2D eigenvalue weighted by Crippen LogP contribution is -2.41. The van der Waals surface area contributed by atoms with Crippen LogP contribution in [0.2, 0.25) is 0 Å². The van der Waals surface area contributed by atoms with Crippen LogP contribution in [0.25, 0.3) is 16.6 Å². The molecule has 1 aliphatic heterocycles. The summed E-state index contributed by atoms with van der Waals surface area (Å²) in [6.07, 6.45) is 0. The number of carbonyl (C=O) groups excluding carboxylic acids is 3. The third-order valence-corrected chi connectivity index (χ3v) is 6.48. The Hall–Kier alpha value is -4.20. The van der Waals surface area contributed by atoms with Crippen molar-refractivity contribution >= 4 is 28.5 Å². The van der Waals surface area contributed by atoms with Crippen molar-refractivity contribution in [1.82, 2.24) is 19.9 Å². The van der Waals surface area contributed by atoms with Crippen molar-refractivity contribution in [2.75, 3.05) is 6.54 Å². The summed E-state index contributed by atoms with van der Waals surface area (Å²) < 4.78 is 6.98. The van der Waals surface area contributed by atoms with Gasteiger partial charge in [-0.2, -0.15) is 0 Å². The Morgan fingerprint density at radius 1 is 1.03 bits per heavy atom. The molecule has 3 heterocycles. The van der Waals surface area contributed by atoms with Gasteiger partial charge < -0.3 is 9.84 Å². The van der Waals surface area contributed by atoms with E-state index in [1.165, 1.54) is 0 Å². The standard InChI is InChI=1S/C26H24N4O4/c1-15-11-21(17(3)30(15)23-12-16(2)34-28-23)22(31)14-29-24(32)26(4,27-25(29)33)20-10-9-18-7-5-6-8-19(18)13-20/h5-13H,14H2,1-4H3,(H,27,33)/t26-/m0/s1. The molecule has 0 unspecified atom stereocenters. The number of nitrogens with one attached hydrogen (secondary N) is 1. The minimum absolute atomic E-state index is 0.328. The number of benzene rings is 2. The van der Waals surface area contributed by atoms with Crippen LogP contribution in [0.15, 0.2) is 59.1 Å². The molecule has 4 aromatic rings. The third-order valence-electron chi connectivity index (χ3n) is 6.48. The summed E-state index contributed by atoms with van der Waals surface area (Å²) in [7, 11) is 0. The number of hydrogen-bond donors (Lipinski definition) is 1. The molecule has 0 spiro atoms. The average molecular weight is 457 g/mol. The van der Waals surface area contributed by atoms with Crippen LogP contribution in [0.4, 0.5) is 4.79 Å². The van der Waals surface area contributed by atoms with Crippen LogP contribution < -0.4 is 5.32 Å². The fraction of sp³-hybridized carbons (Fsp3) is 0.231. The largest absolute Gasteiger partial charge is 0.360 e. The molecule has 1 fully saturated rings. The zero-order chi connectivity index (χ0) is 24.2. The minimum atomic E-state index is -1.25. The van der Waals surface area contributed by atoms with Gasteiger partial charge in [-0.15, -0.1) is 0 Å². The Bertz CT molecular complexity index is 1480. The first-order valence-electron chi connectivity index (χ1n) is 11.0. The summed E-state index contributed by atoms with van der Waals surface area (Å²) >= 11 is 0. The number of aryl methyl sites for hydroxylation is 2. The van der Waals surface area contributed by atoms with Crippen molar-refractivity contribution in [2.24, 2.45) is 0 Å². The number of rotatable bonds is 5. The van der Waals surface area contributed by atoms with E-state index >= 15 is 0 Å². The molecule has 1 N–H and O–H groups in total. The van der Waals surface area contributed by atoms with Crippen molar-refractivity contribution in [3.63, 3.8) is 0 Å². The predicted octanol–water partition coefficient (Wildman–Crippen LogP) is 4.19. The first-order valence-corrected chi connectivity index (χ1v) is 11.0. The fourth-order valence-electron chi connectivity index (χ4n) is 4.62. The molecule has 8 heteroatoms. The number of ketones is 1. The number of aromatic nitrogens is 2. The molecule has 1 aliphatic rings. The molecule has 5 rings (SSSR count). The van der Waals surface area contributed by atoms with E-state index in [0.717, 1.165) is 21.4 Å². The van der Waals surface area contributed by atoms with Crippen LogP contribution in [0.5, 0.6) is 0 Å². The zero-order valence-electron chi connectivity index (χ0n) is 19.4. The summed E-state index contributed by atoms with van der Waals surface area (Å²) in [6.45, 7) is 6.77. The first kappa shape index (κ1) is 21.6. The van der Waals surface area contributed by atoms with Gasteiger partial charge >= 0.3 is 6.03 Å². The Kier molecular flexibility index (Phi) is 4.89. The molecular formula is C26H24N4O4. The monoisotopic (exact) mass is 456 g/mol. The normalized spacial score (nSPS) is 18.1. The quantitative estimate of drug-likeness (QED) is 0.359. The van der Waals surface area contributed by atoms with Crippen LogP contribution in [-0.2, 0) is 10.3 Å². The average Bonchev–Trinajstić information content (AvgIpc) is 3.43. The molecule has 2 aromatic carbocycles. The fourth-order valence-corrected chi connectivity index (χ4v) is 4.62. The van der Waals surface area contributed by atoms with E-state index < -0.39 is 17.5 Å². The summed E-state index contributed by atoms with van der Waals surface area (Å²) in [5.74, 6) is 0.445. The Morgan fingerprint density at radius 2 is 1.76 bits per heavy atom. The van der Waals surface area contributed by atoms with Gasteiger partial charge in [0.25, 0.3) is 5.91 Å². The van der Waals surface area contributed by atoms with Crippen LogP contribution in [0.1, 0.15) is 40.0 Å². The summed E-state index contributed by atoms with van der Waals surface area (Å²) in [5.41, 5.74) is 1.31. The molecule has 8 nitrogen and oxygen atoms in total. The number of Topliss-reactive ketones (excluding diaryl/α,β-unsaturated/α-hetero) is 1. The summed E-state index contributed by atoms with van der Waals surface area (Å²) in [4.78, 5) is 40.4. The molecule has 0 bridgehead atoms. The number of fused-ring (bicyclic) bond motifs is 1. The zero-order valence-corrected chi connectivity index (χ0v) is 19.4. The van der Waals surface area contributed by atoms with Gasteiger partial charge in [0.15, 0.2) is 11.6 Å². The van der Waals surface area contributed by atoms with Gasteiger partial charge in [-0.3, -0.25) is 19.1 Å². The highest BCUT2D eigenvalue weighted by molar-refractivity contribution is 6.11. The second kappa shape index (κ2) is 7.69. The third kappa shape index (κ3) is 3.30. The molecule has 172 valence electrons. The smallest absolute Gasteiger partial charge is 0.325 e. The van der Waals surface area contributed by atoms with Crippen LogP contribution in [0.3, 0.4) is 0 Å². The molecule has 3 amide bonds. The maximum absolute atomic E-state index is 13.4. The second-order valence-corrected chi connectivity index (χ2v) is 8.85. The minimum Gasteiger partial charge on any atom is -0.360 e. The van der Waals surface area contributed by atoms with E-state index in [1.807, 2.05) is 54.0 Å². The van der Waals surface area contributed by atoms with E-state index in [-0.39, 0.29) is 12.3 Å². The highest BCUT2D eigenvalue weighted by Crippen LogP contribution is 2.31. The maximum Gasteiger partial charge on any atom is 0.325 e. The number of carbonyl (C=O) groups is 3. The van der Waals surface area contributed by atoms with Crippen LogP contribution in [0, 0.1) is 20.8 Å². The van der Waals surface area contributed by atoms with Gasteiger partial charge in [0.2, 0.25) is 0 Å². The summed E-state index contributed by atoms with van der Waals surface area (Å²) in [6, 6.07) is 16.4. The summed E-state index contributed by atoms with van der Waals surface area (Å²) in [5, 5.41) is 8.82. The Labute approximate surface area is 196 Å². The van der Waals surface area contributed by atoms with Gasteiger partial charge in [-0.1, -0.05) is 41.6 Å². The lowest BCUT2D eigenvalue weighted by molar-refractivity contribution is -0.130. The lowest BCUT2D eigenvalue weighted by Gasteiger charge is -2.22. The van der Waals surface area contributed by atoms with Crippen molar-refractivity contribution in [3.05, 3.63) is 82.9 Å². The number of nitrogens with zero attached hydrogens (tertiary/aromatic N) is 3. The van der Waals surface area contributed by atoms with E-state index in [1.54, 1.807) is 32.9 Å². The maximum atomic E-state index is 13.4. The number of urea groups is 1. The Morgan fingerprint density at radius 3 is 2.47 bits per heavy atom.